The molecule has 0 aromatic carbocycles. The van der Waals surface area contributed by atoms with Gasteiger partial charge in [-0.05, 0) is 0 Å². The first-order chi connectivity index (χ1) is 8.56. The predicted octanol–water partition coefficient (Wildman–Crippen LogP) is -1.09. The molecule has 0 aromatic heterocycles. The summed E-state index contributed by atoms with van der Waals surface area (Å²) in [5.74, 6) is -0.862. The fourth-order valence-corrected chi connectivity index (χ4v) is 1.72. The second-order valence-electron chi connectivity index (χ2n) is 3.93. The fraction of sp³-hybridized carbons (Fsp3) is 0.727. The monoisotopic (exact) mass is 258 g/mol. The maximum atomic E-state index is 11.9. The van der Waals surface area contributed by atoms with Gasteiger partial charge in [-0.1, -0.05) is 0 Å². The summed E-state index contributed by atoms with van der Waals surface area (Å²) in [7, 11) is 1.27. The van der Waals surface area contributed by atoms with Crippen molar-refractivity contribution in [2.75, 3.05) is 33.4 Å². The van der Waals surface area contributed by atoms with Gasteiger partial charge in [-0.3, -0.25) is 9.59 Å². The smallest absolute Gasteiger partial charge is 0.331 e. The van der Waals surface area contributed by atoms with Gasteiger partial charge in [0.2, 0.25) is 11.8 Å². The van der Waals surface area contributed by atoms with E-state index >= 15 is 0 Å². The quantitative estimate of drug-likeness (QED) is 0.648. The number of amides is 2. The van der Waals surface area contributed by atoms with E-state index in [1.165, 1.54) is 18.9 Å². The van der Waals surface area contributed by atoms with Crippen molar-refractivity contribution in [2.24, 2.45) is 0 Å². The van der Waals surface area contributed by atoms with Gasteiger partial charge < -0.3 is 19.7 Å². The molecule has 1 aliphatic heterocycles. The normalized spacial score (nSPS) is 19.2. The molecular weight excluding hydrogens is 240 g/mol. The largest absolute Gasteiger partial charge is 0.467 e. The first-order valence-corrected chi connectivity index (χ1v) is 5.75. The van der Waals surface area contributed by atoms with Gasteiger partial charge in [-0.15, -0.1) is 0 Å². The lowest BCUT2D eigenvalue weighted by atomic mass is 10.2. The van der Waals surface area contributed by atoms with E-state index in [1.54, 1.807) is 0 Å². The van der Waals surface area contributed by atoms with Gasteiger partial charge in [0.05, 0.1) is 20.3 Å². The zero-order valence-corrected chi connectivity index (χ0v) is 10.6. The maximum absolute atomic E-state index is 11.9. The summed E-state index contributed by atoms with van der Waals surface area (Å²) in [6, 6.07) is -0.687. The zero-order valence-electron chi connectivity index (χ0n) is 10.6. The highest BCUT2D eigenvalue weighted by Crippen LogP contribution is 2.10. The summed E-state index contributed by atoms with van der Waals surface area (Å²) in [5.41, 5.74) is 0. The summed E-state index contributed by atoms with van der Waals surface area (Å²) >= 11 is 0. The number of esters is 1. The Labute approximate surface area is 105 Å². The SMILES string of the molecule is COC(=O)C1COCCN1C(=O)CCNC(C)=O. The van der Waals surface area contributed by atoms with Crippen LogP contribution in [-0.4, -0.2) is 62.1 Å². The van der Waals surface area contributed by atoms with Crippen LogP contribution in [0.15, 0.2) is 0 Å². The van der Waals surface area contributed by atoms with E-state index in [1.807, 2.05) is 0 Å². The van der Waals surface area contributed by atoms with E-state index < -0.39 is 12.0 Å². The molecule has 2 amide bonds. The highest BCUT2D eigenvalue weighted by atomic mass is 16.5. The van der Waals surface area contributed by atoms with Crippen LogP contribution in [0.25, 0.3) is 0 Å². The third-order valence-electron chi connectivity index (χ3n) is 2.63. The summed E-state index contributed by atoms with van der Waals surface area (Å²) in [4.78, 5) is 35.6. The van der Waals surface area contributed by atoms with Gasteiger partial charge >= 0.3 is 5.97 Å². The molecule has 0 radical (unpaired) electrons. The molecule has 1 aliphatic rings. The van der Waals surface area contributed by atoms with Gasteiger partial charge in [0.25, 0.3) is 0 Å². The molecule has 1 saturated heterocycles. The molecule has 1 N–H and O–H groups in total. The maximum Gasteiger partial charge on any atom is 0.331 e. The molecule has 1 fully saturated rings. The van der Waals surface area contributed by atoms with Crippen LogP contribution in [0.2, 0.25) is 0 Å². The molecule has 102 valence electrons. The third kappa shape index (κ3) is 3.99. The van der Waals surface area contributed by atoms with Crippen molar-refractivity contribution >= 4 is 17.8 Å². The molecule has 0 aliphatic carbocycles. The number of carbonyl (C=O) groups excluding carboxylic acids is 3. The van der Waals surface area contributed by atoms with Crippen LogP contribution >= 0.6 is 0 Å². The fourth-order valence-electron chi connectivity index (χ4n) is 1.72. The number of carbonyl (C=O) groups is 3. The lowest BCUT2D eigenvalue weighted by Crippen LogP contribution is -2.53. The van der Waals surface area contributed by atoms with Crippen molar-refractivity contribution in [3.8, 4) is 0 Å². The number of nitrogens with one attached hydrogen (secondary N) is 1. The topological polar surface area (TPSA) is 84.9 Å². The van der Waals surface area contributed by atoms with Gasteiger partial charge in [0.15, 0.2) is 6.04 Å². The van der Waals surface area contributed by atoms with Crippen LogP contribution in [0.3, 0.4) is 0 Å². The van der Waals surface area contributed by atoms with Crippen molar-refractivity contribution in [3.05, 3.63) is 0 Å². The molecule has 1 heterocycles. The van der Waals surface area contributed by atoms with E-state index in [2.05, 4.69) is 10.1 Å². The Balaban J connectivity index is 2.52. The molecule has 7 heteroatoms. The Morgan fingerprint density at radius 3 is 2.78 bits per heavy atom. The number of nitrogens with zero attached hydrogens (tertiary/aromatic N) is 1. The van der Waals surface area contributed by atoms with Crippen LogP contribution in [-0.2, 0) is 23.9 Å². The van der Waals surface area contributed by atoms with Gasteiger partial charge in [0, 0.05) is 26.4 Å². The first kappa shape index (κ1) is 14.4. The lowest BCUT2D eigenvalue weighted by Gasteiger charge is -2.33. The molecule has 0 saturated carbocycles. The highest BCUT2D eigenvalue weighted by molar-refractivity contribution is 5.85. The highest BCUT2D eigenvalue weighted by Gasteiger charge is 2.33. The minimum Gasteiger partial charge on any atom is -0.467 e. The van der Waals surface area contributed by atoms with Gasteiger partial charge in [-0.25, -0.2) is 4.79 Å². The average molecular weight is 258 g/mol. The molecule has 1 atom stereocenters. The second kappa shape index (κ2) is 6.95. The Bertz CT molecular complexity index is 331. The summed E-state index contributed by atoms with van der Waals surface area (Å²) in [6.07, 6.45) is 0.160. The van der Waals surface area contributed by atoms with Crippen molar-refractivity contribution in [2.45, 2.75) is 19.4 Å². The molecule has 7 nitrogen and oxygen atoms in total. The number of hydrogen-bond acceptors (Lipinski definition) is 5. The number of morpholine rings is 1. The predicted molar refractivity (Wildman–Crippen MR) is 61.6 cm³/mol. The van der Waals surface area contributed by atoms with Crippen LogP contribution < -0.4 is 5.32 Å². The van der Waals surface area contributed by atoms with Crippen molar-refractivity contribution in [3.63, 3.8) is 0 Å². The Hall–Kier alpha value is -1.63. The van der Waals surface area contributed by atoms with Crippen molar-refractivity contribution in [1.82, 2.24) is 10.2 Å². The molecule has 0 bridgehead atoms. The zero-order chi connectivity index (χ0) is 13.5. The van der Waals surface area contributed by atoms with Gasteiger partial charge in [-0.2, -0.15) is 0 Å². The number of ether oxygens (including phenoxy) is 2. The Kier molecular flexibility index (Phi) is 5.57. The average Bonchev–Trinajstić information content (AvgIpc) is 2.37. The van der Waals surface area contributed by atoms with Crippen LogP contribution in [0.4, 0.5) is 0 Å². The van der Waals surface area contributed by atoms with E-state index in [-0.39, 0.29) is 31.4 Å². The minimum atomic E-state index is -0.687. The summed E-state index contributed by atoms with van der Waals surface area (Å²) in [5, 5.41) is 2.54. The third-order valence-corrected chi connectivity index (χ3v) is 2.63. The number of methoxy groups -OCH3 is 1. The Morgan fingerprint density at radius 2 is 2.17 bits per heavy atom. The van der Waals surface area contributed by atoms with E-state index in [0.29, 0.717) is 13.2 Å². The minimum absolute atomic E-state index is 0.151. The Morgan fingerprint density at radius 1 is 1.44 bits per heavy atom. The van der Waals surface area contributed by atoms with Crippen molar-refractivity contribution < 1.29 is 23.9 Å². The molecule has 1 rings (SSSR count). The molecule has 0 aromatic rings. The van der Waals surface area contributed by atoms with E-state index in [4.69, 9.17) is 4.74 Å². The molecule has 1 unspecified atom stereocenters. The van der Waals surface area contributed by atoms with Crippen LogP contribution in [0, 0.1) is 0 Å². The van der Waals surface area contributed by atoms with Gasteiger partial charge in [0.1, 0.15) is 0 Å². The summed E-state index contributed by atoms with van der Waals surface area (Å²) < 4.78 is 9.79. The number of rotatable bonds is 4. The second-order valence-corrected chi connectivity index (χ2v) is 3.93. The number of hydrogen-bond donors (Lipinski definition) is 1. The van der Waals surface area contributed by atoms with E-state index in [0.717, 1.165) is 0 Å². The molecule has 0 spiro atoms. The summed E-state index contributed by atoms with van der Waals surface area (Å²) in [6.45, 7) is 2.56. The molecular formula is C11H18N2O5. The molecule has 18 heavy (non-hydrogen) atoms. The van der Waals surface area contributed by atoms with E-state index in [9.17, 15) is 14.4 Å². The van der Waals surface area contributed by atoms with Crippen LogP contribution in [0.5, 0.6) is 0 Å². The lowest BCUT2D eigenvalue weighted by molar-refractivity contribution is -0.160. The van der Waals surface area contributed by atoms with Crippen LogP contribution in [0.1, 0.15) is 13.3 Å². The van der Waals surface area contributed by atoms with Crippen molar-refractivity contribution in [1.29, 1.82) is 0 Å². The standard InChI is InChI=1S/C11H18N2O5/c1-8(14)12-4-3-10(15)13-5-6-18-7-9(13)11(16)17-2/h9H,3-7H2,1-2H3,(H,12,14). The first-order valence-electron chi connectivity index (χ1n) is 5.75.